The number of carbonyl (C=O) groups is 1. The molecule has 0 radical (unpaired) electrons. The summed E-state index contributed by atoms with van der Waals surface area (Å²) >= 11 is 3.46. The molecule has 2 aromatic carbocycles. The van der Waals surface area contributed by atoms with Gasteiger partial charge in [0.25, 0.3) is 5.91 Å². The molecular weight excluding hydrogens is 446 g/mol. The summed E-state index contributed by atoms with van der Waals surface area (Å²) < 4.78 is 8.29. The topological polar surface area (TPSA) is 72.3 Å². The van der Waals surface area contributed by atoms with Crippen molar-refractivity contribution in [2.24, 2.45) is 0 Å². The lowest BCUT2D eigenvalue weighted by molar-refractivity contribution is -0.0704. The minimum absolute atomic E-state index is 0.172. The molecule has 1 aliphatic rings. The molecule has 1 aliphatic heterocycles. The highest BCUT2D eigenvalue weighted by Crippen LogP contribution is 2.25. The standard InChI is InChI=1S/C22H24BrN5O2/c1-15-10-27(11-16(2)30-15)12-17-3-5-18(6-4-17)22(29)26-20-9-19(23)7-8-21(20)28-14-24-13-25-28/h3-9,13-16H,10-12H2,1-2H3,(H,26,29). The van der Waals surface area contributed by atoms with E-state index in [9.17, 15) is 4.79 Å². The maximum absolute atomic E-state index is 12.8. The van der Waals surface area contributed by atoms with Crippen molar-refractivity contribution in [1.29, 1.82) is 0 Å². The molecule has 4 rings (SSSR count). The van der Waals surface area contributed by atoms with E-state index in [4.69, 9.17) is 4.74 Å². The molecule has 1 saturated heterocycles. The smallest absolute Gasteiger partial charge is 0.255 e. The Morgan fingerprint density at radius 1 is 1.17 bits per heavy atom. The molecule has 8 heteroatoms. The Bertz CT molecular complexity index is 997. The van der Waals surface area contributed by atoms with Crippen LogP contribution in [0.4, 0.5) is 5.69 Å². The summed E-state index contributed by atoms with van der Waals surface area (Å²) in [5.41, 5.74) is 3.18. The number of rotatable bonds is 5. The van der Waals surface area contributed by atoms with Gasteiger partial charge in [0.2, 0.25) is 0 Å². The molecule has 1 amide bonds. The zero-order chi connectivity index (χ0) is 21.1. The van der Waals surface area contributed by atoms with E-state index in [0.717, 1.165) is 29.8 Å². The number of amides is 1. The zero-order valence-corrected chi connectivity index (χ0v) is 18.5. The van der Waals surface area contributed by atoms with Gasteiger partial charge in [-0.2, -0.15) is 5.10 Å². The van der Waals surface area contributed by atoms with Gasteiger partial charge < -0.3 is 10.1 Å². The fourth-order valence-corrected chi connectivity index (χ4v) is 4.13. The molecule has 0 saturated carbocycles. The van der Waals surface area contributed by atoms with Gasteiger partial charge in [-0.25, -0.2) is 9.67 Å². The van der Waals surface area contributed by atoms with E-state index in [1.165, 1.54) is 11.9 Å². The molecule has 2 atom stereocenters. The van der Waals surface area contributed by atoms with Crippen LogP contribution in [0.2, 0.25) is 0 Å². The minimum Gasteiger partial charge on any atom is -0.373 e. The van der Waals surface area contributed by atoms with Crippen LogP contribution in [0.5, 0.6) is 0 Å². The van der Waals surface area contributed by atoms with Crippen LogP contribution in [0.3, 0.4) is 0 Å². The number of aromatic nitrogens is 3. The third-order valence-electron chi connectivity index (χ3n) is 4.99. The molecule has 0 bridgehead atoms. The summed E-state index contributed by atoms with van der Waals surface area (Å²) in [4.78, 5) is 19.2. The fraction of sp³-hybridized carbons (Fsp3) is 0.318. The summed E-state index contributed by atoms with van der Waals surface area (Å²) in [6.45, 7) is 6.89. The van der Waals surface area contributed by atoms with Crippen molar-refractivity contribution in [3.63, 3.8) is 0 Å². The Labute approximate surface area is 184 Å². The van der Waals surface area contributed by atoms with Gasteiger partial charge in [0.1, 0.15) is 12.7 Å². The van der Waals surface area contributed by atoms with E-state index >= 15 is 0 Å². The Morgan fingerprint density at radius 2 is 1.90 bits per heavy atom. The van der Waals surface area contributed by atoms with Gasteiger partial charge in [0, 0.05) is 29.7 Å². The predicted molar refractivity (Wildman–Crippen MR) is 119 cm³/mol. The second-order valence-electron chi connectivity index (χ2n) is 7.60. The van der Waals surface area contributed by atoms with Gasteiger partial charge >= 0.3 is 0 Å². The zero-order valence-electron chi connectivity index (χ0n) is 17.0. The van der Waals surface area contributed by atoms with Crippen molar-refractivity contribution in [1.82, 2.24) is 19.7 Å². The number of carbonyl (C=O) groups excluding carboxylic acids is 1. The number of benzene rings is 2. The van der Waals surface area contributed by atoms with E-state index < -0.39 is 0 Å². The van der Waals surface area contributed by atoms with Crippen LogP contribution in [-0.2, 0) is 11.3 Å². The van der Waals surface area contributed by atoms with Crippen molar-refractivity contribution < 1.29 is 9.53 Å². The highest BCUT2D eigenvalue weighted by atomic mass is 79.9. The van der Waals surface area contributed by atoms with Crippen molar-refractivity contribution >= 4 is 27.5 Å². The lowest BCUT2D eigenvalue weighted by atomic mass is 10.1. The number of ether oxygens (including phenoxy) is 1. The van der Waals surface area contributed by atoms with Crippen LogP contribution in [-0.4, -0.2) is 50.9 Å². The van der Waals surface area contributed by atoms with Crippen molar-refractivity contribution in [2.45, 2.75) is 32.6 Å². The first-order valence-electron chi connectivity index (χ1n) is 9.90. The lowest BCUT2D eigenvalue weighted by Crippen LogP contribution is -2.44. The van der Waals surface area contributed by atoms with Gasteiger partial charge in [-0.05, 0) is 49.7 Å². The molecule has 156 valence electrons. The van der Waals surface area contributed by atoms with Gasteiger partial charge in [-0.3, -0.25) is 9.69 Å². The summed E-state index contributed by atoms with van der Waals surface area (Å²) in [5, 5.41) is 7.14. The largest absolute Gasteiger partial charge is 0.373 e. The second-order valence-corrected chi connectivity index (χ2v) is 8.52. The molecule has 0 aliphatic carbocycles. The molecule has 2 heterocycles. The van der Waals surface area contributed by atoms with Crippen LogP contribution < -0.4 is 5.32 Å². The Hall–Kier alpha value is -2.55. The Kier molecular flexibility index (Phi) is 6.26. The number of hydrogen-bond acceptors (Lipinski definition) is 5. The molecule has 1 fully saturated rings. The minimum atomic E-state index is -0.172. The lowest BCUT2D eigenvalue weighted by Gasteiger charge is -2.35. The first-order chi connectivity index (χ1) is 14.5. The maximum Gasteiger partial charge on any atom is 0.255 e. The van der Waals surface area contributed by atoms with Crippen LogP contribution in [0.15, 0.2) is 59.6 Å². The van der Waals surface area contributed by atoms with E-state index in [0.29, 0.717) is 11.3 Å². The molecule has 0 spiro atoms. The quantitative estimate of drug-likeness (QED) is 0.613. The highest BCUT2D eigenvalue weighted by molar-refractivity contribution is 9.10. The fourth-order valence-electron chi connectivity index (χ4n) is 3.77. The summed E-state index contributed by atoms with van der Waals surface area (Å²) in [7, 11) is 0. The molecule has 7 nitrogen and oxygen atoms in total. The number of halogens is 1. The number of morpholine rings is 1. The third-order valence-corrected chi connectivity index (χ3v) is 5.48. The van der Waals surface area contributed by atoms with Crippen molar-refractivity contribution in [3.05, 3.63) is 70.7 Å². The number of hydrogen-bond donors (Lipinski definition) is 1. The molecule has 30 heavy (non-hydrogen) atoms. The summed E-state index contributed by atoms with van der Waals surface area (Å²) in [6.07, 6.45) is 3.54. The van der Waals surface area contributed by atoms with Crippen molar-refractivity contribution in [3.8, 4) is 5.69 Å². The molecule has 1 N–H and O–H groups in total. The van der Waals surface area contributed by atoms with Crippen LogP contribution in [0, 0.1) is 0 Å². The summed E-state index contributed by atoms with van der Waals surface area (Å²) in [6, 6.07) is 13.4. The first-order valence-corrected chi connectivity index (χ1v) is 10.7. The summed E-state index contributed by atoms with van der Waals surface area (Å²) in [5.74, 6) is -0.172. The number of nitrogens with one attached hydrogen (secondary N) is 1. The Morgan fingerprint density at radius 3 is 2.57 bits per heavy atom. The van der Waals surface area contributed by atoms with E-state index in [2.05, 4.69) is 50.1 Å². The van der Waals surface area contributed by atoms with Gasteiger partial charge in [0.05, 0.1) is 23.6 Å². The number of nitrogens with zero attached hydrogens (tertiary/aromatic N) is 4. The molecular formula is C22H24BrN5O2. The SMILES string of the molecule is CC1CN(Cc2ccc(C(=O)Nc3cc(Br)ccc3-n3cncn3)cc2)CC(C)O1. The molecule has 1 aromatic heterocycles. The maximum atomic E-state index is 12.8. The first kappa shape index (κ1) is 20.7. The van der Waals surface area contributed by atoms with Crippen molar-refractivity contribution in [2.75, 3.05) is 18.4 Å². The van der Waals surface area contributed by atoms with Gasteiger partial charge in [0.15, 0.2) is 0 Å². The average Bonchev–Trinajstić information content (AvgIpc) is 3.22. The van der Waals surface area contributed by atoms with E-state index in [-0.39, 0.29) is 18.1 Å². The predicted octanol–water partition coefficient (Wildman–Crippen LogP) is 3.89. The van der Waals surface area contributed by atoms with E-state index in [1.807, 2.05) is 42.5 Å². The highest BCUT2D eigenvalue weighted by Gasteiger charge is 2.22. The second kappa shape index (κ2) is 9.07. The average molecular weight is 470 g/mol. The van der Waals surface area contributed by atoms with Gasteiger partial charge in [-0.15, -0.1) is 0 Å². The van der Waals surface area contributed by atoms with Crippen LogP contribution in [0.25, 0.3) is 5.69 Å². The normalized spacial score (nSPS) is 19.6. The number of anilines is 1. The third kappa shape index (κ3) is 4.95. The van der Waals surface area contributed by atoms with E-state index in [1.54, 1.807) is 11.0 Å². The van der Waals surface area contributed by atoms with Gasteiger partial charge in [-0.1, -0.05) is 28.1 Å². The molecule has 2 unspecified atom stereocenters. The monoisotopic (exact) mass is 469 g/mol. The van der Waals surface area contributed by atoms with Crippen LogP contribution in [0.1, 0.15) is 29.8 Å². The van der Waals surface area contributed by atoms with Crippen LogP contribution >= 0.6 is 15.9 Å². The Balaban J connectivity index is 1.45. The molecule has 3 aromatic rings.